The van der Waals surface area contributed by atoms with Crippen LogP contribution in [-0.4, -0.2) is 40.1 Å². The third-order valence-corrected chi connectivity index (χ3v) is 7.00. The molecule has 1 fully saturated rings. The summed E-state index contributed by atoms with van der Waals surface area (Å²) in [5, 5.41) is 11.0. The summed E-state index contributed by atoms with van der Waals surface area (Å²) in [5.74, 6) is -0.508. The minimum Gasteiger partial charge on any atom is -0.504 e. The number of imide groups is 1. The summed E-state index contributed by atoms with van der Waals surface area (Å²) in [5.41, 5.74) is 1.85. The molecule has 2 aliphatic rings. The van der Waals surface area contributed by atoms with Crippen molar-refractivity contribution in [2.24, 2.45) is 0 Å². The van der Waals surface area contributed by atoms with Crippen LogP contribution in [0.25, 0.3) is 10.9 Å². The lowest BCUT2D eigenvalue weighted by Gasteiger charge is -2.36. The van der Waals surface area contributed by atoms with Crippen molar-refractivity contribution in [2.75, 3.05) is 12.0 Å². The number of hydrogen-bond acceptors (Lipinski definition) is 4. The molecule has 0 radical (unpaired) electrons. The first kappa shape index (κ1) is 23.0. The lowest BCUT2D eigenvalue weighted by Crippen LogP contribution is -2.44. The van der Waals surface area contributed by atoms with E-state index in [1.165, 1.54) is 30.2 Å². The predicted molar refractivity (Wildman–Crippen MR) is 128 cm³/mol. The van der Waals surface area contributed by atoms with Gasteiger partial charge in [0.2, 0.25) is 0 Å². The minimum atomic E-state index is -4.63. The Balaban J connectivity index is 1.53. The number of carbonyl (C=O) groups is 2. The number of alkyl halides is 3. The molecule has 0 aliphatic carbocycles. The molecule has 0 unspecified atom stereocenters. The number of hydrogen-bond donors (Lipinski definition) is 2. The monoisotopic (exact) mass is 507 g/mol. The molecule has 2 atom stereocenters. The third kappa shape index (κ3) is 3.43. The fraction of sp³-hybridized carbons (Fsp3) is 0.185. The van der Waals surface area contributed by atoms with Gasteiger partial charge in [-0.3, -0.25) is 9.69 Å². The highest BCUT2D eigenvalue weighted by atomic mass is 19.4. The zero-order chi connectivity index (χ0) is 26.1. The molecule has 3 heterocycles. The second kappa shape index (κ2) is 8.02. The Kier molecular flexibility index (Phi) is 4.98. The number of urea groups is 1. The number of rotatable bonds is 3. The number of carbonyl (C=O) groups excluding carboxylic acids is 2. The van der Waals surface area contributed by atoms with Gasteiger partial charge in [-0.1, -0.05) is 30.3 Å². The first-order valence-electron chi connectivity index (χ1n) is 11.5. The molecule has 6 rings (SSSR count). The number of benzene rings is 3. The fourth-order valence-corrected chi connectivity index (χ4v) is 5.34. The average Bonchev–Trinajstić information content (AvgIpc) is 3.37. The van der Waals surface area contributed by atoms with E-state index in [9.17, 15) is 27.9 Å². The van der Waals surface area contributed by atoms with Crippen LogP contribution in [0.3, 0.4) is 0 Å². The zero-order valence-electron chi connectivity index (χ0n) is 19.4. The van der Waals surface area contributed by atoms with E-state index in [1.54, 1.807) is 12.1 Å². The molecule has 3 amide bonds. The van der Waals surface area contributed by atoms with Gasteiger partial charge in [0.1, 0.15) is 12.1 Å². The van der Waals surface area contributed by atoms with Crippen molar-refractivity contribution in [3.05, 3.63) is 89.1 Å². The van der Waals surface area contributed by atoms with E-state index < -0.39 is 35.8 Å². The number of phenolic OH excluding ortho intramolecular Hbond substituents is 1. The van der Waals surface area contributed by atoms with Gasteiger partial charge >= 0.3 is 12.2 Å². The molecule has 0 bridgehead atoms. The molecule has 3 aromatic carbocycles. The van der Waals surface area contributed by atoms with E-state index in [1.807, 2.05) is 24.3 Å². The van der Waals surface area contributed by atoms with Crippen LogP contribution in [0.1, 0.15) is 28.4 Å². The van der Waals surface area contributed by atoms with Crippen LogP contribution in [0.2, 0.25) is 0 Å². The second-order valence-corrected chi connectivity index (χ2v) is 9.03. The molecule has 0 saturated carbocycles. The van der Waals surface area contributed by atoms with Crippen molar-refractivity contribution >= 4 is 28.5 Å². The topological polar surface area (TPSA) is 85.9 Å². The summed E-state index contributed by atoms with van der Waals surface area (Å²) in [6.45, 7) is 0. The number of aromatic amines is 1. The largest absolute Gasteiger partial charge is 0.504 e. The number of ether oxygens (including phenoxy) is 1. The summed E-state index contributed by atoms with van der Waals surface area (Å²) in [6.07, 6.45) is -4.43. The van der Waals surface area contributed by atoms with Gasteiger partial charge in [-0.2, -0.15) is 13.2 Å². The van der Waals surface area contributed by atoms with Gasteiger partial charge in [0, 0.05) is 23.0 Å². The lowest BCUT2D eigenvalue weighted by molar-refractivity contribution is -0.137. The number of H-pyrrole nitrogens is 1. The fourth-order valence-electron chi connectivity index (χ4n) is 5.34. The van der Waals surface area contributed by atoms with E-state index in [0.717, 1.165) is 33.5 Å². The quantitative estimate of drug-likeness (QED) is 0.365. The van der Waals surface area contributed by atoms with Crippen LogP contribution in [0.4, 0.5) is 23.7 Å². The minimum absolute atomic E-state index is 0.0927. The number of phenols is 1. The Morgan fingerprint density at radius 2 is 1.81 bits per heavy atom. The summed E-state index contributed by atoms with van der Waals surface area (Å²) >= 11 is 0. The summed E-state index contributed by atoms with van der Waals surface area (Å²) in [4.78, 5) is 33.0. The Morgan fingerprint density at radius 3 is 2.57 bits per heavy atom. The van der Waals surface area contributed by atoms with Gasteiger partial charge in [0.15, 0.2) is 11.5 Å². The lowest BCUT2D eigenvalue weighted by atomic mass is 9.88. The Hall–Kier alpha value is -4.47. The van der Waals surface area contributed by atoms with E-state index in [2.05, 4.69) is 4.98 Å². The maximum Gasteiger partial charge on any atom is 0.416 e. The number of nitrogens with zero attached hydrogens (tertiary/aromatic N) is 2. The highest BCUT2D eigenvalue weighted by Gasteiger charge is 2.53. The number of aromatic hydroxyl groups is 1. The van der Waals surface area contributed by atoms with Crippen molar-refractivity contribution in [1.29, 1.82) is 0 Å². The third-order valence-electron chi connectivity index (χ3n) is 7.00. The number of amides is 3. The number of anilines is 1. The number of nitrogens with one attached hydrogen (secondary N) is 1. The van der Waals surface area contributed by atoms with Crippen LogP contribution < -0.4 is 9.64 Å². The maximum absolute atomic E-state index is 13.8. The van der Waals surface area contributed by atoms with Crippen molar-refractivity contribution in [2.45, 2.75) is 24.7 Å². The van der Waals surface area contributed by atoms with Crippen LogP contribution in [-0.2, 0) is 17.4 Å². The first-order chi connectivity index (χ1) is 17.7. The van der Waals surface area contributed by atoms with Crippen LogP contribution in [0.15, 0.2) is 66.7 Å². The van der Waals surface area contributed by atoms with Gasteiger partial charge in [-0.05, 0) is 47.5 Å². The van der Waals surface area contributed by atoms with Crippen molar-refractivity contribution in [3.8, 4) is 11.5 Å². The maximum atomic E-state index is 13.8. The summed E-state index contributed by atoms with van der Waals surface area (Å²) in [6, 6.07) is 14.0. The normalized spacial score (nSPS) is 19.4. The molecule has 2 N–H and O–H groups in total. The van der Waals surface area contributed by atoms with E-state index in [4.69, 9.17) is 4.74 Å². The molecule has 0 spiro atoms. The molecule has 10 heteroatoms. The Morgan fingerprint density at radius 1 is 1.03 bits per heavy atom. The van der Waals surface area contributed by atoms with Gasteiger partial charge in [-0.25, -0.2) is 9.69 Å². The van der Waals surface area contributed by atoms with Crippen molar-refractivity contribution < 1.29 is 32.6 Å². The molecule has 7 nitrogen and oxygen atoms in total. The zero-order valence-corrected chi connectivity index (χ0v) is 19.4. The Labute approximate surface area is 208 Å². The number of fused-ring (bicyclic) bond motifs is 4. The van der Waals surface area contributed by atoms with Crippen LogP contribution in [0.5, 0.6) is 11.5 Å². The number of aromatic nitrogens is 1. The smallest absolute Gasteiger partial charge is 0.416 e. The van der Waals surface area contributed by atoms with Gasteiger partial charge < -0.3 is 14.8 Å². The molecule has 1 aromatic heterocycles. The van der Waals surface area contributed by atoms with Crippen LogP contribution in [0, 0.1) is 0 Å². The standard InChI is InChI=1S/C27H20F3N3O4/c1-37-22-11-14(9-10-21(22)34)24-23-18(17-7-2-3-8-19(17)31-23)13-20-25(35)32(26(36)33(20)24)16-6-4-5-15(12-16)27(28,29)30/h2-12,20,24,31,34H,13H2,1H3/t20-,24+/m0/s1. The van der Waals surface area contributed by atoms with Gasteiger partial charge in [-0.15, -0.1) is 0 Å². The number of para-hydroxylation sites is 1. The number of halogens is 3. The predicted octanol–water partition coefficient (Wildman–Crippen LogP) is 5.38. The SMILES string of the molecule is COc1cc([C@@H]2c3[nH]c4ccccc4c3C[C@H]3C(=O)N(c4cccc(C(F)(F)F)c4)C(=O)N23)ccc1O. The molecular weight excluding hydrogens is 487 g/mol. The van der Waals surface area contributed by atoms with Gasteiger partial charge in [0.25, 0.3) is 5.91 Å². The summed E-state index contributed by atoms with van der Waals surface area (Å²) in [7, 11) is 1.40. The van der Waals surface area contributed by atoms with E-state index >= 15 is 0 Å². The first-order valence-corrected chi connectivity index (χ1v) is 11.5. The highest BCUT2D eigenvalue weighted by Crippen LogP contribution is 2.46. The highest BCUT2D eigenvalue weighted by molar-refractivity contribution is 6.22. The van der Waals surface area contributed by atoms with Crippen molar-refractivity contribution in [1.82, 2.24) is 9.88 Å². The molecular formula is C27H20F3N3O4. The van der Waals surface area contributed by atoms with E-state index in [-0.39, 0.29) is 23.6 Å². The second-order valence-electron chi connectivity index (χ2n) is 9.03. The van der Waals surface area contributed by atoms with Gasteiger partial charge in [0.05, 0.1) is 18.4 Å². The van der Waals surface area contributed by atoms with Crippen LogP contribution >= 0.6 is 0 Å². The van der Waals surface area contributed by atoms with Crippen molar-refractivity contribution in [3.63, 3.8) is 0 Å². The summed E-state index contributed by atoms with van der Waals surface area (Å²) < 4.78 is 45.4. The molecule has 4 aromatic rings. The molecule has 188 valence electrons. The van der Waals surface area contributed by atoms with E-state index in [0.29, 0.717) is 11.3 Å². The molecule has 2 aliphatic heterocycles. The number of methoxy groups -OCH3 is 1. The molecule has 37 heavy (non-hydrogen) atoms. The molecule has 1 saturated heterocycles. The average molecular weight is 507 g/mol. The Bertz CT molecular complexity index is 1580.